The summed E-state index contributed by atoms with van der Waals surface area (Å²) in [6.07, 6.45) is 2.17. The van der Waals surface area contributed by atoms with Crippen LogP contribution >= 0.6 is 0 Å². The Bertz CT molecular complexity index is 1660. The number of piperazine rings is 1. The van der Waals surface area contributed by atoms with Crippen LogP contribution in [-0.2, 0) is 11.3 Å². The van der Waals surface area contributed by atoms with Crippen LogP contribution in [0.1, 0.15) is 107 Å². The average molecular weight is 750 g/mol. The standard InChI is InChI=1S/C37H52F5N9O2/c1-4-23(3)28(19-25-18-26(37(40,41)42)20-43-33(25)52)32(50-17-16-49-15-7-6-8-27(49)22-50)48-35-44-21-29(46-35)31(24-9-12-36(38,39)13-10-24)47-34(53)30-11-14-45-51(30)5-2/h11,14,21,24-27,31H,4-10,12-13,15-20,22H2,1-3H3,(H,43,52)(H,44,46)(H,47,53)/b28-23?,48-32+. The minimum Gasteiger partial charge on any atom is -0.355 e. The van der Waals surface area contributed by atoms with Gasteiger partial charge in [0.25, 0.3) is 5.91 Å². The number of halogens is 5. The minimum absolute atomic E-state index is 0.0927. The van der Waals surface area contributed by atoms with Crippen molar-refractivity contribution in [2.45, 2.75) is 116 Å². The number of amidine groups is 1. The zero-order chi connectivity index (χ0) is 37.9. The molecule has 4 unspecified atom stereocenters. The molecule has 1 aliphatic carbocycles. The molecule has 3 aliphatic heterocycles. The Kier molecular flexibility index (Phi) is 11.9. The van der Waals surface area contributed by atoms with Crippen molar-refractivity contribution in [1.82, 2.24) is 40.2 Å². The van der Waals surface area contributed by atoms with Crippen molar-refractivity contribution < 1.29 is 31.5 Å². The molecule has 4 aliphatic rings. The van der Waals surface area contributed by atoms with Crippen LogP contribution in [-0.4, -0.2) is 98.1 Å². The Hall–Kier alpha value is -3.82. The summed E-state index contributed by atoms with van der Waals surface area (Å²) in [5.74, 6) is -5.56. The van der Waals surface area contributed by atoms with E-state index in [9.17, 15) is 31.5 Å². The van der Waals surface area contributed by atoms with Crippen molar-refractivity contribution in [1.29, 1.82) is 0 Å². The lowest BCUT2D eigenvalue weighted by molar-refractivity contribution is -0.183. The number of piperidine rings is 2. The second kappa shape index (κ2) is 16.3. The number of H-pyrrole nitrogens is 1. The van der Waals surface area contributed by atoms with Gasteiger partial charge < -0.3 is 20.5 Å². The first-order chi connectivity index (χ1) is 25.3. The van der Waals surface area contributed by atoms with Crippen molar-refractivity contribution in [3.8, 4) is 0 Å². The minimum atomic E-state index is -4.43. The number of amides is 2. The van der Waals surface area contributed by atoms with Crippen LogP contribution in [0, 0.1) is 17.8 Å². The number of imidazole rings is 1. The maximum absolute atomic E-state index is 14.3. The number of carbonyl (C=O) groups is 2. The molecule has 292 valence electrons. The van der Waals surface area contributed by atoms with Crippen LogP contribution in [0.3, 0.4) is 0 Å². The summed E-state index contributed by atoms with van der Waals surface area (Å²) in [7, 11) is 0. The number of alkyl halides is 5. The maximum atomic E-state index is 14.3. The average Bonchev–Trinajstić information content (AvgIpc) is 3.82. The third-order valence-corrected chi connectivity index (χ3v) is 11.7. The van der Waals surface area contributed by atoms with Crippen LogP contribution in [0.15, 0.2) is 34.6 Å². The van der Waals surface area contributed by atoms with Crippen LogP contribution < -0.4 is 10.6 Å². The van der Waals surface area contributed by atoms with Gasteiger partial charge in [-0.05, 0) is 82.9 Å². The molecule has 3 N–H and O–H groups in total. The highest BCUT2D eigenvalue weighted by Gasteiger charge is 2.45. The number of nitrogens with zero attached hydrogens (tertiary/aromatic N) is 6. The predicted octanol–water partition coefficient (Wildman–Crippen LogP) is 6.55. The highest BCUT2D eigenvalue weighted by Crippen LogP contribution is 2.42. The predicted molar refractivity (Wildman–Crippen MR) is 190 cm³/mol. The Balaban J connectivity index is 1.35. The molecule has 2 aromatic heterocycles. The Morgan fingerprint density at radius 3 is 2.62 bits per heavy atom. The normalized spacial score (nSPS) is 25.7. The molecule has 3 saturated heterocycles. The van der Waals surface area contributed by atoms with E-state index in [0.717, 1.165) is 43.5 Å². The van der Waals surface area contributed by atoms with E-state index in [-0.39, 0.29) is 56.3 Å². The molecule has 6 rings (SSSR count). The van der Waals surface area contributed by atoms with Crippen LogP contribution in [0.25, 0.3) is 0 Å². The summed E-state index contributed by atoms with van der Waals surface area (Å²) in [6.45, 7) is 8.97. The molecule has 1 saturated carbocycles. The van der Waals surface area contributed by atoms with Gasteiger partial charge in [-0.25, -0.2) is 13.8 Å². The van der Waals surface area contributed by atoms with E-state index < -0.39 is 42.4 Å². The quantitative estimate of drug-likeness (QED) is 0.144. The topological polar surface area (TPSA) is 124 Å². The fourth-order valence-corrected chi connectivity index (χ4v) is 8.40. The number of rotatable bonds is 10. The number of allylic oxidation sites excluding steroid dienone is 1. The molecule has 4 fully saturated rings. The highest BCUT2D eigenvalue weighted by atomic mass is 19.4. The van der Waals surface area contributed by atoms with Crippen LogP contribution in [0.4, 0.5) is 27.9 Å². The molecule has 2 aromatic rings. The first-order valence-corrected chi connectivity index (χ1v) is 19.1. The monoisotopic (exact) mass is 749 g/mol. The van der Waals surface area contributed by atoms with Gasteiger partial charge >= 0.3 is 6.18 Å². The molecule has 2 amide bonds. The molecule has 0 radical (unpaired) electrons. The zero-order valence-electron chi connectivity index (χ0n) is 30.8. The first kappa shape index (κ1) is 38.9. The number of aliphatic imine (C=N–C) groups is 1. The van der Waals surface area contributed by atoms with E-state index in [4.69, 9.17) is 4.99 Å². The Labute approximate surface area is 307 Å². The van der Waals surface area contributed by atoms with Gasteiger partial charge in [-0.2, -0.15) is 23.3 Å². The summed E-state index contributed by atoms with van der Waals surface area (Å²) in [6, 6.07) is 1.24. The molecular weight excluding hydrogens is 697 g/mol. The SMILES string of the molecule is CCC(C)=C(CC1CC(C(F)(F)F)CNC1=O)/C(=N\c1ncc(C(NC(=O)c2ccnn2CC)C2CCC(F)(F)CC2)[nH]1)N1CCN2CCCCC2C1. The second-order valence-corrected chi connectivity index (χ2v) is 15.1. The van der Waals surface area contributed by atoms with Crippen LogP contribution in [0.5, 0.6) is 0 Å². The van der Waals surface area contributed by atoms with Gasteiger partial charge in [-0.15, -0.1) is 0 Å². The number of carbonyl (C=O) groups excluding carboxylic acids is 2. The lowest BCUT2D eigenvalue weighted by atomic mass is 9.81. The summed E-state index contributed by atoms with van der Waals surface area (Å²) in [5, 5.41) is 9.76. The van der Waals surface area contributed by atoms with Crippen LogP contribution in [0.2, 0.25) is 0 Å². The summed E-state index contributed by atoms with van der Waals surface area (Å²) >= 11 is 0. The zero-order valence-corrected chi connectivity index (χ0v) is 30.8. The van der Waals surface area contributed by atoms with E-state index in [0.29, 0.717) is 49.3 Å². The number of aryl methyl sites for hydroxylation is 1. The van der Waals surface area contributed by atoms with E-state index in [1.165, 1.54) is 6.20 Å². The fourth-order valence-electron chi connectivity index (χ4n) is 8.40. The Morgan fingerprint density at radius 2 is 1.91 bits per heavy atom. The Morgan fingerprint density at radius 1 is 1.13 bits per heavy atom. The molecule has 0 aromatic carbocycles. The first-order valence-electron chi connectivity index (χ1n) is 19.1. The number of nitrogens with one attached hydrogen (secondary N) is 3. The van der Waals surface area contributed by atoms with Gasteiger partial charge in [0.15, 0.2) is 0 Å². The lowest BCUT2D eigenvalue weighted by Gasteiger charge is -2.45. The summed E-state index contributed by atoms with van der Waals surface area (Å²) < 4.78 is 71.7. The largest absolute Gasteiger partial charge is 0.393 e. The van der Waals surface area contributed by atoms with E-state index in [1.807, 2.05) is 20.8 Å². The summed E-state index contributed by atoms with van der Waals surface area (Å²) in [5.41, 5.74) is 2.52. The molecule has 0 spiro atoms. The van der Waals surface area contributed by atoms with Gasteiger partial charge in [0.1, 0.15) is 11.5 Å². The van der Waals surface area contributed by atoms with Gasteiger partial charge in [-0.3, -0.25) is 19.2 Å². The van der Waals surface area contributed by atoms with Gasteiger partial charge in [0.05, 0.1) is 23.9 Å². The number of aromatic nitrogens is 4. The molecule has 16 heteroatoms. The number of aromatic amines is 1. The van der Waals surface area contributed by atoms with Crippen molar-refractivity contribution >= 4 is 23.6 Å². The number of hydrogen-bond donors (Lipinski definition) is 3. The molecule has 5 heterocycles. The molecule has 53 heavy (non-hydrogen) atoms. The smallest absolute Gasteiger partial charge is 0.355 e. The van der Waals surface area contributed by atoms with Gasteiger partial charge in [0, 0.05) is 63.7 Å². The number of hydrogen-bond acceptors (Lipinski definition) is 6. The van der Waals surface area contributed by atoms with Gasteiger partial charge in [0.2, 0.25) is 17.8 Å². The van der Waals surface area contributed by atoms with Crippen molar-refractivity contribution in [3.05, 3.63) is 41.0 Å². The maximum Gasteiger partial charge on any atom is 0.393 e. The fraction of sp³-hybridized carbons (Fsp3) is 0.703. The summed E-state index contributed by atoms with van der Waals surface area (Å²) in [4.78, 5) is 44.2. The van der Waals surface area contributed by atoms with Crippen molar-refractivity contribution in [3.63, 3.8) is 0 Å². The number of fused-ring (bicyclic) bond motifs is 1. The second-order valence-electron chi connectivity index (χ2n) is 15.1. The highest BCUT2D eigenvalue weighted by molar-refractivity contribution is 6.01. The molecule has 11 nitrogen and oxygen atoms in total. The van der Waals surface area contributed by atoms with Gasteiger partial charge in [-0.1, -0.05) is 18.9 Å². The van der Waals surface area contributed by atoms with E-state index >= 15 is 0 Å². The third-order valence-electron chi connectivity index (χ3n) is 11.7. The third kappa shape index (κ3) is 9.11. The van der Waals surface area contributed by atoms with E-state index in [2.05, 4.69) is 35.5 Å². The molecule has 4 atom stereocenters. The lowest BCUT2D eigenvalue weighted by Crippen LogP contribution is -2.56. The van der Waals surface area contributed by atoms with Crippen molar-refractivity contribution in [2.75, 3.05) is 32.7 Å². The van der Waals surface area contributed by atoms with E-state index in [1.54, 1.807) is 16.9 Å². The molecule has 0 bridgehead atoms. The molecular formula is C37H52F5N9O2. The van der Waals surface area contributed by atoms with Crippen molar-refractivity contribution in [2.24, 2.45) is 22.7 Å².